The maximum Gasteiger partial charge on any atom is 0.263 e. The summed E-state index contributed by atoms with van der Waals surface area (Å²) in [6, 6.07) is 8.07. The second-order valence-electron chi connectivity index (χ2n) is 4.76. The van der Waals surface area contributed by atoms with Gasteiger partial charge in [-0.05, 0) is 31.5 Å². The van der Waals surface area contributed by atoms with Gasteiger partial charge in [0, 0.05) is 19.2 Å². The first kappa shape index (κ1) is 14.5. The molecule has 0 aliphatic rings. The smallest absolute Gasteiger partial charge is 0.263 e. The molecule has 1 unspecified atom stereocenters. The largest absolute Gasteiger partial charge is 0.324 e. The fourth-order valence-electron chi connectivity index (χ4n) is 1.85. The molecule has 1 heterocycles. The highest BCUT2D eigenvalue weighted by Crippen LogP contribution is 2.18. The summed E-state index contributed by atoms with van der Waals surface area (Å²) >= 11 is 0. The predicted molar refractivity (Wildman–Crippen MR) is 77.8 cm³/mol. The average molecular weight is 294 g/mol. The average Bonchev–Trinajstić information content (AvgIpc) is 2.67. The van der Waals surface area contributed by atoms with E-state index in [1.54, 1.807) is 44.3 Å². The Labute approximate surface area is 118 Å². The summed E-state index contributed by atoms with van der Waals surface area (Å²) < 4.78 is 28.5. The fraction of sp³-hybridized carbons (Fsp3) is 0.308. The molecule has 108 valence electrons. The van der Waals surface area contributed by atoms with Gasteiger partial charge in [0.05, 0.1) is 10.6 Å². The third-order valence-corrected chi connectivity index (χ3v) is 4.33. The summed E-state index contributed by atoms with van der Waals surface area (Å²) in [5.74, 6) is 0.429. The molecule has 20 heavy (non-hydrogen) atoms. The van der Waals surface area contributed by atoms with Gasteiger partial charge in [0.2, 0.25) is 0 Å². The summed E-state index contributed by atoms with van der Waals surface area (Å²) in [7, 11) is -1.93. The van der Waals surface area contributed by atoms with Crippen molar-refractivity contribution >= 4 is 15.8 Å². The molecule has 0 aliphatic heterocycles. The standard InChI is InChI=1S/C13H18N4O2S/c1-9-8-13(17(3)15-9)16-20(18,19)12-6-4-11(5-7-12)10(2)14/h4-8,10,16H,14H2,1-3H3. The SMILES string of the molecule is Cc1cc(NS(=O)(=O)c2ccc(C(C)N)cc2)n(C)n1. The van der Waals surface area contributed by atoms with Crippen LogP contribution in [0.2, 0.25) is 0 Å². The molecule has 0 bridgehead atoms. The summed E-state index contributed by atoms with van der Waals surface area (Å²) in [6.45, 7) is 3.65. The van der Waals surface area contributed by atoms with Gasteiger partial charge in [-0.3, -0.25) is 9.40 Å². The van der Waals surface area contributed by atoms with E-state index in [4.69, 9.17) is 5.73 Å². The molecule has 0 saturated heterocycles. The first-order valence-corrected chi connectivity index (χ1v) is 7.67. The third kappa shape index (κ3) is 3.00. The molecular formula is C13H18N4O2S. The Kier molecular flexibility index (Phi) is 3.82. The van der Waals surface area contributed by atoms with E-state index in [0.29, 0.717) is 5.82 Å². The zero-order valence-electron chi connectivity index (χ0n) is 11.7. The Hall–Kier alpha value is -1.86. The first-order chi connectivity index (χ1) is 9.29. The van der Waals surface area contributed by atoms with Gasteiger partial charge in [0.15, 0.2) is 0 Å². The van der Waals surface area contributed by atoms with E-state index >= 15 is 0 Å². The summed E-state index contributed by atoms with van der Waals surface area (Å²) in [5.41, 5.74) is 7.38. The Balaban J connectivity index is 2.28. The zero-order valence-corrected chi connectivity index (χ0v) is 12.5. The topological polar surface area (TPSA) is 90.0 Å². The fourth-order valence-corrected chi connectivity index (χ4v) is 2.93. The minimum atomic E-state index is -3.62. The minimum Gasteiger partial charge on any atom is -0.324 e. The number of nitrogens with two attached hydrogens (primary N) is 1. The van der Waals surface area contributed by atoms with Crippen LogP contribution in [-0.4, -0.2) is 18.2 Å². The highest BCUT2D eigenvalue weighted by Gasteiger charge is 2.16. The maximum atomic E-state index is 12.3. The van der Waals surface area contributed by atoms with Crippen LogP contribution in [0.4, 0.5) is 5.82 Å². The van der Waals surface area contributed by atoms with Crippen molar-refractivity contribution in [3.8, 4) is 0 Å². The van der Waals surface area contributed by atoms with E-state index in [2.05, 4.69) is 9.82 Å². The van der Waals surface area contributed by atoms with E-state index in [9.17, 15) is 8.42 Å². The molecule has 1 aromatic heterocycles. The number of hydrogen-bond acceptors (Lipinski definition) is 4. The van der Waals surface area contributed by atoms with Gasteiger partial charge in [0.1, 0.15) is 5.82 Å². The maximum absolute atomic E-state index is 12.3. The van der Waals surface area contributed by atoms with Crippen molar-refractivity contribution in [3.05, 3.63) is 41.6 Å². The Morgan fingerprint density at radius 3 is 2.35 bits per heavy atom. The van der Waals surface area contributed by atoms with Crippen LogP contribution >= 0.6 is 0 Å². The molecule has 2 rings (SSSR count). The van der Waals surface area contributed by atoms with Crippen LogP contribution in [0.3, 0.4) is 0 Å². The highest BCUT2D eigenvalue weighted by atomic mass is 32.2. The molecule has 0 saturated carbocycles. The van der Waals surface area contributed by atoms with Crippen LogP contribution in [-0.2, 0) is 17.1 Å². The summed E-state index contributed by atoms with van der Waals surface area (Å²) in [5, 5.41) is 4.10. The molecule has 2 aromatic rings. The number of rotatable bonds is 4. The number of hydrogen-bond donors (Lipinski definition) is 2. The van der Waals surface area contributed by atoms with Gasteiger partial charge < -0.3 is 5.73 Å². The number of sulfonamides is 1. The molecule has 0 fully saturated rings. The molecule has 6 nitrogen and oxygen atoms in total. The van der Waals surface area contributed by atoms with Crippen molar-refractivity contribution in [2.75, 3.05) is 4.72 Å². The molecule has 0 spiro atoms. The Morgan fingerprint density at radius 1 is 1.30 bits per heavy atom. The number of anilines is 1. The molecule has 1 atom stereocenters. The van der Waals surface area contributed by atoms with Crippen LogP contribution in [0.15, 0.2) is 35.2 Å². The van der Waals surface area contributed by atoms with Crippen LogP contribution in [0.25, 0.3) is 0 Å². The lowest BCUT2D eigenvalue weighted by atomic mass is 10.1. The molecule has 1 aromatic carbocycles. The van der Waals surface area contributed by atoms with Crippen molar-refractivity contribution < 1.29 is 8.42 Å². The number of benzene rings is 1. The van der Waals surface area contributed by atoms with Gasteiger partial charge in [-0.1, -0.05) is 12.1 Å². The van der Waals surface area contributed by atoms with Gasteiger partial charge in [-0.25, -0.2) is 8.42 Å². The number of nitrogens with zero attached hydrogens (tertiary/aromatic N) is 2. The molecule has 0 amide bonds. The molecule has 0 aliphatic carbocycles. The van der Waals surface area contributed by atoms with Crippen molar-refractivity contribution in [1.82, 2.24) is 9.78 Å². The summed E-state index contributed by atoms with van der Waals surface area (Å²) in [6.07, 6.45) is 0. The van der Waals surface area contributed by atoms with E-state index in [0.717, 1.165) is 11.3 Å². The lowest BCUT2D eigenvalue weighted by molar-refractivity contribution is 0.600. The van der Waals surface area contributed by atoms with E-state index in [1.165, 1.54) is 4.68 Å². The number of aromatic nitrogens is 2. The van der Waals surface area contributed by atoms with Gasteiger partial charge >= 0.3 is 0 Å². The molecule has 3 N–H and O–H groups in total. The number of aryl methyl sites for hydroxylation is 2. The second kappa shape index (κ2) is 5.26. The lowest BCUT2D eigenvalue weighted by Gasteiger charge is -2.10. The van der Waals surface area contributed by atoms with Crippen molar-refractivity contribution in [1.29, 1.82) is 0 Å². The first-order valence-electron chi connectivity index (χ1n) is 6.18. The lowest BCUT2D eigenvalue weighted by Crippen LogP contribution is -2.15. The van der Waals surface area contributed by atoms with Crippen LogP contribution in [0.5, 0.6) is 0 Å². The highest BCUT2D eigenvalue weighted by molar-refractivity contribution is 7.92. The van der Waals surface area contributed by atoms with Crippen molar-refractivity contribution in [2.45, 2.75) is 24.8 Å². The quantitative estimate of drug-likeness (QED) is 0.895. The van der Waals surface area contributed by atoms with E-state index < -0.39 is 10.0 Å². The molecular weight excluding hydrogens is 276 g/mol. The molecule has 7 heteroatoms. The van der Waals surface area contributed by atoms with Crippen LogP contribution in [0.1, 0.15) is 24.2 Å². The van der Waals surface area contributed by atoms with Crippen LogP contribution in [0, 0.1) is 6.92 Å². The predicted octanol–water partition coefficient (Wildman–Crippen LogP) is 1.55. The molecule has 0 radical (unpaired) electrons. The van der Waals surface area contributed by atoms with Crippen molar-refractivity contribution in [2.24, 2.45) is 12.8 Å². The number of nitrogens with one attached hydrogen (secondary N) is 1. The Bertz CT molecular complexity index is 702. The zero-order chi connectivity index (χ0) is 14.9. The second-order valence-corrected chi connectivity index (χ2v) is 6.44. The van der Waals surface area contributed by atoms with E-state index in [-0.39, 0.29) is 10.9 Å². The van der Waals surface area contributed by atoms with E-state index in [1.807, 2.05) is 6.92 Å². The van der Waals surface area contributed by atoms with Gasteiger partial charge in [-0.15, -0.1) is 0 Å². The Morgan fingerprint density at radius 2 is 1.90 bits per heavy atom. The third-order valence-electron chi connectivity index (χ3n) is 2.96. The normalized spacial score (nSPS) is 13.2. The monoisotopic (exact) mass is 294 g/mol. The van der Waals surface area contributed by atoms with Gasteiger partial charge in [-0.2, -0.15) is 5.10 Å². The minimum absolute atomic E-state index is 0.126. The van der Waals surface area contributed by atoms with Crippen LogP contribution < -0.4 is 10.5 Å². The van der Waals surface area contributed by atoms with Crippen molar-refractivity contribution in [3.63, 3.8) is 0 Å². The summed E-state index contributed by atoms with van der Waals surface area (Å²) in [4.78, 5) is 0.195. The van der Waals surface area contributed by atoms with Gasteiger partial charge in [0.25, 0.3) is 10.0 Å².